The molecule has 0 unspecified atom stereocenters. The van der Waals surface area contributed by atoms with Gasteiger partial charge in [-0.25, -0.2) is 8.37 Å². The van der Waals surface area contributed by atoms with Crippen molar-refractivity contribution in [3.05, 3.63) is 0 Å². The molecule has 0 aromatic carbocycles. The van der Waals surface area contributed by atoms with Crippen LogP contribution in [0.4, 0.5) is 0 Å². The number of halogens is 2. The summed E-state index contributed by atoms with van der Waals surface area (Å²) in [5.41, 5.74) is 0. The molecule has 1 heterocycles. The van der Waals surface area contributed by atoms with E-state index in [0.717, 1.165) is 0 Å². The zero-order valence-electron chi connectivity index (χ0n) is 5.37. The fourth-order valence-corrected chi connectivity index (χ4v) is 2.41. The number of hydrogen-bond donors (Lipinski definition) is 0. The lowest BCUT2D eigenvalue weighted by molar-refractivity contribution is 0.193. The van der Waals surface area contributed by atoms with Gasteiger partial charge in [0.2, 0.25) is 0 Å². The highest BCUT2D eigenvalue weighted by molar-refractivity contribution is 7.82. The van der Waals surface area contributed by atoms with Gasteiger partial charge in [0.25, 0.3) is 0 Å². The SMILES string of the molecule is O=S1(=O)O[C@@H](CCl)[C@H](CCl)O1. The normalized spacial score (nSPS) is 35.8. The molecule has 0 radical (unpaired) electrons. The molecule has 0 saturated carbocycles. The van der Waals surface area contributed by atoms with Gasteiger partial charge in [-0.3, -0.25) is 0 Å². The van der Waals surface area contributed by atoms with Crippen LogP contribution in [0.5, 0.6) is 0 Å². The highest BCUT2D eigenvalue weighted by atomic mass is 35.5. The average molecular weight is 221 g/mol. The highest BCUT2D eigenvalue weighted by Crippen LogP contribution is 2.22. The van der Waals surface area contributed by atoms with E-state index in [1.54, 1.807) is 0 Å². The van der Waals surface area contributed by atoms with Crippen LogP contribution in [0.3, 0.4) is 0 Å². The van der Waals surface area contributed by atoms with Gasteiger partial charge < -0.3 is 0 Å². The minimum Gasteiger partial charge on any atom is -0.241 e. The van der Waals surface area contributed by atoms with E-state index in [1.165, 1.54) is 0 Å². The molecule has 0 bridgehead atoms. The Morgan fingerprint density at radius 1 is 1.09 bits per heavy atom. The van der Waals surface area contributed by atoms with Crippen LogP contribution in [0.25, 0.3) is 0 Å². The Morgan fingerprint density at radius 2 is 1.45 bits per heavy atom. The Morgan fingerprint density at radius 3 is 1.73 bits per heavy atom. The molecular weight excluding hydrogens is 215 g/mol. The Hall–Kier alpha value is 0.450. The van der Waals surface area contributed by atoms with Crippen molar-refractivity contribution in [2.45, 2.75) is 12.2 Å². The fourth-order valence-electron chi connectivity index (χ4n) is 0.700. The van der Waals surface area contributed by atoms with E-state index in [2.05, 4.69) is 8.37 Å². The molecule has 0 amide bonds. The predicted octanol–water partition coefficient (Wildman–Crippen LogP) is 0.493. The van der Waals surface area contributed by atoms with Crippen LogP contribution < -0.4 is 0 Å². The Labute approximate surface area is 74.7 Å². The van der Waals surface area contributed by atoms with Crippen molar-refractivity contribution in [2.75, 3.05) is 11.8 Å². The van der Waals surface area contributed by atoms with E-state index in [4.69, 9.17) is 23.2 Å². The van der Waals surface area contributed by atoms with Gasteiger partial charge in [0, 0.05) is 0 Å². The van der Waals surface area contributed by atoms with Gasteiger partial charge >= 0.3 is 10.4 Å². The van der Waals surface area contributed by atoms with Crippen LogP contribution in [-0.4, -0.2) is 32.4 Å². The molecule has 11 heavy (non-hydrogen) atoms. The fraction of sp³-hybridized carbons (Fsp3) is 1.00. The average Bonchev–Trinajstić information content (AvgIpc) is 2.25. The van der Waals surface area contributed by atoms with Gasteiger partial charge in [-0.05, 0) is 0 Å². The van der Waals surface area contributed by atoms with Gasteiger partial charge in [-0.1, -0.05) is 0 Å². The predicted molar refractivity (Wildman–Crippen MR) is 40.1 cm³/mol. The number of hydrogen-bond acceptors (Lipinski definition) is 4. The smallest absolute Gasteiger partial charge is 0.241 e. The van der Waals surface area contributed by atoms with E-state index in [-0.39, 0.29) is 11.8 Å². The first kappa shape index (κ1) is 9.54. The van der Waals surface area contributed by atoms with E-state index in [0.29, 0.717) is 0 Å². The van der Waals surface area contributed by atoms with Gasteiger partial charge in [-0.2, -0.15) is 8.42 Å². The second-order valence-electron chi connectivity index (χ2n) is 1.99. The largest absolute Gasteiger partial charge is 0.400 e. The summed E-state index contributed by atoms with van der Waals surface area (Å²) >= 11 is 10.8. The first-order chi connectivity index (χ1) is 5.09. The zero-order valence-corrected chi connectivity index (χ0v) is 7.69. The molecule has 0 aliphatic carbocycles. The standard InChI is InChI=1S/C4H6Cl2O4S/c5-1-3-4(2-6)10-11(7,8)9-3/h3-4H,1-2H2/t3-,4-/m0/s1. The minimum absolute atomic E-state index is 0.0522. The molecule has 1 saturated heterocycles. The van der Waals surface area contributed by atoms with Crippen LogP contribution in [0.2, 0.25) is 0 Å². The van der Waals surface area contributed by atoms with E-state index < -0.39 is 22.6 Å². The summed E-state index contributed by atoms with van der Waals surface area (Å²) in [6.07, 6.45) is -1.31. The van der Waals surface area contributed by atoms with Gasteiger partial charge in [-0.15, -0.1) is 23.2 Å². The van der Waals surface area contributed by atoms with Gasteiger partial charge in [0.05, 0.1) is 11.8 Å². The molecule has 0 N–H and O–H groups in total. The lowest BCUT2D eigenvalue weighted by atomic mass is 10.3. The van der Waals surface area contributed by atoms with E-state index >= 15 is 0 Å². The zero-order chi connectivity index (χ0) is 8.48. The molecule has 0 spiro atoms. The molecular formula is C4H6Cl2O4S. The summed E-state index contributed by atoms with van der Waals surface area (Å²) in [5, 5.41) is 0. The Kier molecular flexibility index (Phi) is 2.99. The van der Waals surface area contributed by atoms with Crippen molar-refractivity contribution < 1.29 is 16.8 Å². The third-order valence-electron chi connectivity index (χ3n) is 1.20. The van der Waals surface area contributed by atoms with Gasteiger partial charge in [0.15, 0.2) is 0 Å². The summed E-state index contributed by atoms with van der Waals surface area (Å²) < 4.78 is 30.1. The highest BCUT2D eigenvalue weighted by Gasteiger charge is 2.38. The third kappa shape index (κ3) is 2.19. The molecule has 1 rings (SSSR count). The summed E-state index contributed by atoms with van der Waals surface area (Å²) in [6.45, 7) is 0. The molecule has 2 atom stereocenters. The molecule has 66 valence electrons. The number of rotatable bonds is 2. The molecule has 0 aromatic rings. The summed E-state index contributed by atoms with van der Waals surface area (Å²) in [5.74, 6) is 0.104. The van der Waals surface area contributed by atoms with Crippen LogP contribution in [-0.2, 0) is 18.8 Å². The van der Waals surface area contributed by atoms with Crippen molar-refractivity contribution in [2.24, 2.45) is 0 Å². The van der Waals surface area contributed by atoms with Gasteiger partial charge in [0.1, 0.15) is 12.2 Å². The Bertz CT molecular complexity index is 208. The summed E-state index contributed by atoms with van der Waals surface area (Å²) in [7, 11) is -3.84. The van der Waals surface area contributed by atoms with Crippen molar-refractivity contribution >= 4 is 33.6 Å². The lowest BCUT2D eigenvalue weighted by Crippen LogP contribution is -2.25. The van der Waals surface area contributed by atoms with Crippen LogP contribution in [0.1, 0.15) is 0 Å². The van der Waals surface area contributed by atoms with Crippen molar-refractivity contribution in [3.63, 3.8) is 0 Å². The second kappa shape index (κ2) is 3.45. The summed E-state index contributed by atoms with van der Waals surface area (Å²) in [6, 6.07) is 0. The monoisotopic (exact) mass is 220 g/mol. The van der Waals surface area contributed by atoms with Crippen LogP contribution in [0.15, 0.2) is 0 Å². The van der Waals surface area contributed by atoms with Crippen molar-refractivity contribution in [1.82, 2.24) is 0 Å². The number of alkyl halides is 2. The first-order valence-electron chi connectivity index (χ1n) is 2.82. The molecule has 1 fully saturated rings. The van der Waals surface area contributed by atoms with Crippen LogP contribution >= 0.6 is 23.2 Å². The first-order valence-corrected chi connectivity index (χ1v) is 5.22. The second-order valence-corrected chi connectivity index (χ2v) is 3.80. The third-order valence-corrected chi connectivity index (χ3v) is 2.78. The molecule has 1 aliphatic rings. The van der Waals surface area contributed by atoms with Crippen molar-refractivity contribution in [1.29, 1.82) is 0 Å². The maximum atomic E-state index is 10.6. The quantitative estimate of drug-likeness (QED) is 0.637. The van der Waals surface area contributed by atoms with Crippen LogP contribution in [0, 0.1) is 0 Å². The van der Waals surface area contributed by atoms with E-state index in [9.17, 15) is 8.42 Å². The molecule has 7 heteroatoms. The maximum Gasteiger partial charge on any atom is 0.400 e. The lowest BCUT2D eigenvalue weighted by Gasteiger charge is -2.06. The van der Waals surface area contributed by atoms with Crippen molar-refractivity contribution in [3.8, 4) is 0 Å². The molecule has 1 aliphatic heterocycles. The van der Waals surface area contributed by atoms with E-state index in [1.807, 2.05) is 0 Å². The summed E-state index contributed by atoms with van der Waals surface area (Å²) in [4.78, 5) is 0. The molecule has 0 aromatic heterocycles. The Balaban J connectivity index is 2.70. The molecule has 4 nitrogen and oxygen atoms in total. The minimum atomic E-state index is -3.84. The topological polar surface area (TPSA) is 52.6 Å². The maximum absolute atomic E-state index is 10.6.